The lowest BCUT2D eigenvalue weighted by atomic mass is 10.3. The monoisotopic (exact) mass is 270 g/mol. The summed E-state index contributed by atoms with van der Waals surface area (Å²) in [5.74, 6) is 0.110. The maximum absolute atomic E-state index is 11.9. The lowest BCUT2D eigenvalue weighted by Crippen LogP contribution is -2.47. The van der Waals surface area contributed by atoms with Gasteiger partial charge in [-0.15, -0.1) is 0 Å². The van der Waals surface area contributed by atoms with Gasteiger partial charge in [0.15, 0.2) is 0 Å². The van der Waals surface area contributed by atoms with Crippen molar-refractivity contribution in [2.45, 2.75) is 12.5 Å². The molecule has 2 saturated heterocycles. The largest absolute Gasteiger partial charge is 0.374 e. The molecule has 0 saturated carbocycles. The molecule has 2 aliphatic rings. The zero-order valence-corrected chi connectivity index (χ0v) is 11.9. The molecule has 0 aliphatic carbocycles. The Bertz CT molecular complexity index is 280. The van der Waals surface area contributed by atoms with Gasteiger partial charge in [0.05, 0.1) is 19.3 Å². The maximum Gasteiger partial charge on any atom is 0.234 e. The molecule has 1 unspecified atom stereocenters. The fraction of sp³-hybridized carbons (Fsp3) is 0.923. The minimum Gasteiger partial charge on any atom is -0.374 e. The predicted octanol–water partition coefficient (Wildman–Crippen LogP) is -1.27. The van der Waals surface area contributed by atoms with Gasteiger partial charge >= 0.3 is 0 Å². The van der Waals surface area contributed by atoms with Crippen molar-refractivity contribution in [3.63, 3.8) is 0 Å². The molecule has 0 aromatic rings. The number of nitrogens with one attached hydrogen (secondary N) is 2. The second-order valence-electron chi connectivity index (χ2n) is 5.44. The lowest BCUT2D eigenvalue weighted by Gasteiger charge is -2.30. The summed E-state index contributed by atoms with van der Waals surface area (Å²) in [6, 6.07) is 0. The van der Waals surface area contributed by atoms with Crippen LogP contribution in [-0.2, 0) is 9.53 Å². The fourth-order valence-corrected chi connectivity index (χ4v) is 2.54. The number of amides is 1. The van der Waals surface area contributed by atoms with Crippen LogP contribution >= 0.6 is 0 Å². The van der Waals surface area contributed by atoms with Crippen molar-refractivity contribution in [2.24, 2.45) is 0 Å². The van der Waals surface area contributed by atoms with Gasteiger partial charge in [-0.2, -0.15) is 0 Å². The summed E-state index contributed by atoms with van der Waals surface area (Å²) >= 11 is 0. The lowest BCUT2D eigenvalue weighted by molar-refractivity contribution is -0.123. The van der Waals surface area contributed by atoms with Crippen molar-refractivity contribution < 1.29 is 9.53 Å². The summed E-state index contributed by atoms with van der Waals surface area (Å²) in [7, 11) is 2.08. The third-order valence-electron chi connectivity index (χ3n) is 3.67. The van der Waals surface area contributed by atoms with Crippen molar-refractivity contribution in [3.8, 4) is 0 Å². The Morgan fingerprint density at radius 1 is 1.37 bits per heavy atom. The highest BCUT2D eigenvalue weighted by Gasteiger charge is 2.19. The molecule has 0 aromatic carbocycles. The molecule has 19 heavy (non-hydrogen) atoms. The summed E-state index contributed by atoms with van der Waals surface area (Å²) < 4.78 is 5.63. The first-order chi connectivity index (χ1) is 9.24. The van der Waals surface area contributed by atoms with Gasteiger partial charge in [-0.3, -0.25) is 9.69 Å². The van der Waals surface area contributed by atoms with E-state index in [0.717, 1.165) is 52.3 Å². The van der Waals surface area contributed by atoms with Gasteiger partial charge in [-0.05, 0) is 26.6 Å². The molecular formula is C13H26N4O2. The molecule has 0 aromatic heterocycles. The number of rotatable bonds is 4. The Kier molecular flexibility index (Phi) is 6.03. The Labute approximate surface area is 115 Å². The number of nitrogens with zero attached hydrogens (tertiary/aromatic N) is 2. The van der Waals surface area contributed by atoms with Gasteiger partial charge in [0.25, 0.3) is 0 Å². The highest BCUT2D eigenvalue weighted by Crippen LogP contribution is 2.01. The fourth-order valence-electron chi connectivity index (χ4n) is 2.54. The summed E-state index contributed by atoms with van der Waals surface area (Å²) in [5, 5.41) is 6.33. The van der Waals surface area contributed by atoms with E-state index >= 15 is 0 Å². The van der Waals surface area contributed by atoms with Crippen LogP contribution in [0.1, 0.15) is 6.42 Å². The van der Waals surface area contributed by atoms with Gasteiger partial charge in [-0.1, -0.05) is 0 Å². The van der Waals surface area contributed by atoms with E-state index in [2.05, 4.69) is 27.5 Å². The molecule has 1 amide bonds. The van der Waals surface area contributed by atoms with Gasteiger partial charge in [0.2, 0.25) is 5.91 Å². The second-order valence-corrected chi connectivity index (χ2v) is 5.44. The van der Waals surface area contributed by atoms with Crippen LogP contribution in [0.3, 0.4) is 0 Å². The first-order valence-electron chi connectivity index (χ1n) is 7.24. The van der Waals surface area contributed by atoms with E-state index in [1.165, 1.54) is 0 Å². The standard InChI is InChI=1S/C13H26N4O2/c1-16-7-8-19-12(10-16)9-15-13(18)11-17-5-2-3-14-4-6-17/h12,14H,2-11H2,1H3,(H,15,18). The first kappa shape index (κ1) is 14.7. The third kappa shape index (κ3) is 5.44. The predicted molar refractivity (Wildman–Crippen MR) is 74.2 cm³/mol. The van der Waals surface area contributed by atoms with E-state index in [0.29, 0.717) is 13.1 Å². The second kappa shape index (κ2) is 7.79. The average Bonchev–Trinajstić information content (AvgIpc) is 2.65. The molecule has 1 atom stereocenters. The van der Waals surface area contributed by atoms with Crippen molar-refractivity contribution in [2.75, 3.05) is 66.0 Å². The normalized spacial score (nSPS) is 26.9. The third-order valence-corrected chi connectivity index (χ3v) is 3.67. The highest BCUT2D eigenvalue weighted by atomic mass is 16.5. The van der Waals surface area contributed by atoms with E-state index in [9.17, 15) is 4.79 Å². The zero-order valence-electron chi connectivity index (χ0n) is 11.9. The number of morpholine rings is 1. The van der Waals surface area contributed by atoms with Gasteiger partial charge in [0.1, 0.15) is 0 Å². The van der Waals surface area contributed by atoms with Crippen molar-refractivity contribution in [3.05, 3.63) is 0 Å². The SMILES string of the molecule is CN1CCOC(CNC(=O)CN2CCCNCC2)C1. The number of carbonyl (C=O) groups excluding carboxylic acids is 1. The van der Waals surface area contributed by atoms with E-state index in [4.69, 9.17) is 4.74 Å². The highest BCUT2D eigenvalue weighted by molar-refractivity contribution is 5.78. The van der Waals surface area contributed by atoms with Crippen molar-refractivity contribution >= 4 is 5.91 Å². The molecule has 110 valence electrons. The van der Waals surface area contributed by atoms with E-state index in [1.54, 1.807) is 0 Å². The topological polar surface area (TPSA) is 56.8 Å². The first-order valence-corrected chi connectivity index (χ1v) is 7.24. The van der Waals surface area contributed by atoms with E-state index in [1.807, 2.05) is 0 Å². The summed E-state index contributed by atoms with van der Waals surface area (Å²) in [6.07, 6.45) is 1.25. The van der Waals surface area contributed by atoms with Crippen LogP contribution in [0.25, 0.3) is 0 Å². The Morgan fingerprint density at radius 3 is 3.11 bits per heavy atom. The molecule has 0 spiro atoms. The van der Waals surface area contributed by atoms with Crippen LogP contribution in [0.4, 0.5) is 0 Å². The van der Waals surface area contributed by atoms with Crippen LogP contribution < -0.4 is 10.6 Å². The number of hydrogen-bond acceptors (Lipinski definition) is 5. The zero-order chi connectivity index (χ0) is 13.5. The van der Waals surface area contributed by atoms with Gasteiger partial charge in [0, 0.05) is 32.7 Å². The minimum absolute atomic E-state index is 0.110. The number of likely N-dealkylation sites (N-methyl/N-ethyl adjacent to an activating group) is 1. The van der Waals surface area contributed by atoms with Crippen LogP contribution in [0.15, 0.2) is 0 Å². The number of hydrogen-bond donors (Lipinski definition) is 2. The van der Waals surface area contributed by atoms with E-state index < -0.39 is 0 Å². The van der Waals surface area contributed by atoms with Crippen LogP contribution in [0.5, 0.6) is 0 Å². The Balaban J connectivity index is 1.63. The molecule has 0 radical (unpaired) electrons. The summed E-state index contributed by atoms with van der Waals surface area (Å²) in [5.41, 5.74) is 0. The summed E-state index contributed by atoms with van der Waals surface area (Å²) in [4.78, 5) is 16.4. The molecule has 2 aliphatic heterocycles. The number of ether oxygens (including phenoxy) is 1. The van der Waals surface area contributed by atoms with Gasteiger partial charge in [-0.25, -0.2) is 0 Å². The molecule has 6 nitrogen and oxygen atoms in total. The Hall–Kier alpha value is -0.690. The summed E-state index contributed by atoms with van der Waals surface area (Å²) in [6.45, 7) is 7.75. The Morgan fingerprint density at radius 2 is 2.26 bits per heavy atom. The van der Waals surface area contributed by atoms with Gasteiger partial charge < -0.3 is 20.3 Å². The maximum atomic E-state index is 11.9. The molecule has 0 bridgehead atoms. The molecule has 6 heteroatoms. The van der Waals surface area contributed by atoms with E-state index in [-0.39, 0.29) is 12.0 Å². The van der Waals surface area contributed by atoms with Crippen LogP contribution in [0.2, 0.25) is 0 Å². The smallest absolute Gasteiger partial charge is 0.234 e. The quantitative estimate of drug-likeness (QED) is 0.667. The molecular weight excluding hydrogens is 244 g/mol. The van der Waals surface area contributed by atoms with Crippen molar-refractivity contribution in [1.82, 2.24) is 20.4 Å². The minimum atomic E-state index is 0.110. The average molecular weight is 270 g/mol. The number of carbonyl (C=O) groups is 1. The molecule has 2 fully saturated rings. The van der Waals surface area contributed by atoms with Crippen LogP contribution in [0, 0.1) is 0 Å². The van der Waals surface area contributed by atoms with Crippen LogP contribution in [-0.4, -0.2) is 87.8 Å². The van der Waals surface area contributed by atoms with Crippen molar-refractivity contribution in [1.29, 1.82) is 0 Å². The molecule has 2 heterocycles. The molecule has 2 rings (SSSR count). The molecule has 2 N–H and O–H groups in total.